The van der Waals surface area contributed by atoms with Gasteiger partial charge in [0.15, 0.2) is 5.82 Å². The molecule has 3 aromatic heterocycles. The summed E-state index contributed by atoms with van der Waals surface area (Å²) >= 11 is 0. The Morgan fingerprint density at radius 2 is 1.91 bits per heavy atom. The molecule has 0 radical (unpaired) electrons. The van der Waals surface area contributed by atoms with Crippen LogP contribution < -0.4 is 10.5 Å². The number of carbonyl (C=O) groups excluding carboxylic acids is 1. The van der Waals surface area contributed by atoms with Crippen LogP contribution in [0.1, 0.15) is 48.5 Å². The number of pyridine rings is 1. The number of fused-ring (bicyclic) bond motifs is 4. The summed E-state index contributed by atoms with van der Waals surface area (Å²) in [5, 5.41) is 11.3. The van der Waals surface area contributed by atoms with E-state index in [1.165, 1.54) is 12.8 Å². The number of piperidine rings is 1. The number of nitrogens with two attached hydrogens (primary N) is 1. The number of aromatic nitrogens is 4. The van der Waals surface area contributed by atoms with Gasteiger partial charge in [-0.05, 0) is 98.0 Å². The van der Waals surface area contributed by atoms with E-state index < -0.39 is 0 Å². The summed E-state index contributed by atoms with van der Waals surface area (Å²) in [5.41, 5.74) is 13.3. The van der Waals surface area contributed by atoms with E-state index in [0.29, 0.717) is 28.9 Å². The van der Waals surface area contributed by atoms with Crippen LogP contribution in [0.2, 0.25) is 0 Å². The van der Waals surface area contributed by atoms with Gasteiger partial charge in [0.05, 0.1) is 24.0 Å². The fraction of sp³-hybridized carbons (Fsp3) is 0.400. The molecular formula is C35H38N6O3. The smallest absolute Gasteiger partial charge is 0.254 e. The zero-order chi connectivity index (χ0) is 30.3. The number of aromatic hydroxyl groups is 1. The van der Waals surface area contributed by atoms with E-state index in [1.807, 2.05) is 49.2 Å². The Bertz CT molecular complexity index is 1950. The van der Waals surface area contributed by atoms with E-state index in [9.17, 15) is 9.90 Å². The van der Waals surface area contributed by atoms with Crippen LogP contribution in [-0.4, -0.2) is 60.8 Å². The van der Waals surface area contributed by atoms with Crippen LogP contribution in [0.4, 0.5) is 0 Å². The molecule has 2 aliphatic carbocycles. The van der Waals surface area contributed by atoms with Crippen molar-refractivity contribution in [1.29, 1.82) is 0 Å². The normalized spacial score (nSPS) is 21.2. The lowest BCUT2D eigenvalue weighted by atomic mass is 10.0. The van der Waals surface area contributed by atoms with E-state index in [2.05, 4.69) is 21.3 Å². The second-order valence-electron chi connectivity index (χ2n) is 12.9. The number of carbonyl (C=O) groups is 1. The zero-order valence-electron chi connectivity index (χ0n) is 25.5. The van der Waals surface area contributed by atoms with Gasteiger partial charge in [0, 0.05) is 48.7 Å². The van der Waals surface area contributed by atoms with Gasteiger partial charge < -0.3 is 29.6 Å². The van der Waals surface area contributed by atoms with Gasteiger partial charge in [0.25, 0.3) is 5.91 Å². The van der Waals surface area contributed by atoms with Gasteiger partial charge in [0.1, 0.15) is 22.7 Å². The van der Waals surface area contributed by atoms with Crippen molar-refractivity contribution >= 4 is 28.0 Å². The van der Waals surface area contributed by atoms with Crippen molar-refractivity contribution in [3.8, 4) is 34.3 Å². The summed E-state index contributed by atoms with van der Waals surface area (Å²) in [6.45, 7) is 3.63. The number of amides is 1. The number of nitrogens with zero attached hydrogens (tertiary/aromatic N) is 5. The highest BCUT2D eigenvalue weighted by Crippen LogP contribution is 2.40. The topological polar surface area (TPSA) is 111 Å². The largest absolute Gasteiger partial charge is 0.508 e. The Labute approximate surface area is 256 Å². The number of aryl methyl sites for hydroxylation is 2. The third kappa shape index (κ3) is 4.20. The standard InChI is InChI=1S/C35H38N6O3/c1-4-20-13-21(9-12-29(20)42)25-10-7-22-15-28(40(33(22)37-25)17-19-5-6-19)34-38-26-14-24(16-30(44-3)32(26)39(34)2)35(43)41-18-23-8-11-27(41)31(23)36/h7,9-10,12-16,19,23,27,31,42H,4-6,8,11,17-18,36H2,1-3H3/t23?,27?,31-/m1/s1. The number of benzene rings is 2. The van der Waals surface area contributed by atoms with Gasteiger partial charge in [0.2, 0.25) is 0 Å². The SMILES string of the molecule is CCc1cc(-c2ccc3cc(-c4nc5cc(C(=O)N6CC7CCC6[C@@H]7N)cc(OC)c5n4C)n(CC4CC4)c3n2)ccc1O. The van der Waals surface area contributed by atoms with Crippen molar-refractivity contribution in [3.05, 3.63) is 59.7 Å². The monoisotopic (exact) mass is 590 g/mol. The number of hydrogen-bond donors (Lipinski definition) is 2. The summed E-state index contributed by atoms with van der Waals surface area (Å²) in [4.78, 5) is 26.0. The van der Waals surface area contributed by atoms with Crippen molar-refractivity contribution in [2.24, 2.45) is 24.6 Å². The predicted octanol–water partition coefficient (Wildman–Crippen LogP) is 5.51. The lowest BCUT2D eigenvalue weighted by Gasteiger charge is -2.27. The second kappa shape index (κ2) is 10.1. The third-order valence-electron chi connectivity index (χ3n) is 10.2. The highest BCUT2D eigenvalue weighted by Gasteiger charge is 2.47. The number of hydrogen-bond acceptors (Lipinski definition) is 6. The van der Waals surface area contributed by atoms with Crippen molar-refractivity contribution in [3.63, 3.8) is 0 Å². The highest BCUT2D eigenvalue weighted by atomic mass is 16.5. The Hall–Kier alpha value is -4.37. The predicted molar refractivity (Wildman–Crippen MR) is 171 cm³/mol. The first-order valence-electron chi connectivity index (χ1n) is 15.8. The van der Waals surface area contributed by atoms with E-state index in [0.717, 1.165) is 82.8 Å². The van der Waals surface area contributed by atoms with Gasteiger partial charge in [-0.1, -0.05) is 6.92 Å². The minimum absolute atomic E-state index is 0.0000840. The van der Waals surface area contributed by atoms with Gasteiger partial charge >= 0.3 is 0 Å². The molecule has 3 fully saturated rings. The van der Waals surface area contributed by atoms with Gasteiger partial charge in [-0.15, -0.1) is 0 Å². The van der Waals surface area contributed by atoms with Crippen LogP contribution in [-0.2, 0) is 20.0 Å². The molecule has 2 bridgehead atoms. The molecule has 2 saturated carbocycles. The van der Waals surface area contributed by atoms with Crippen molar-refractivity contribution in [2.75, 3.05) is 13.7 Å². The molecular weight excluding hydrogens is 552 g/mol. The number of phenols is 1. The van der Waals surface area contributed by atoms with Gasteiger partial charge in [-0.3, -0.25) is 4.79 Å². The zero-order valence-corrected chi connectivity index (χ0v) is 25.5. The van der Waals surface area contributed by atoms with Crippen molar-refractivity contribution in [1.82, 2.24) is 24.0 Å². The van der Waals surface area contributed by atoms with Crippen LogP contribution in [0.25, 0.3) is 44.8 Å². The first-order chi connectivity index (χ1) is 21.3. The lowest BCUT2D eigenvalue weighted by molar-refractivity contribution is 0.0700. The number of phenolic OH excluding ortho intramolecular Hbond substituents is 1. The molecule has 2 aromatic carbocycles. The maximum absolute atomic E-state index is 13.7. The Balaban J connectivity index is 1.24. The molecule has 9 heteroatoms. The van der Waals surface area contributed by atoms with Crippen molar-refractivity contribution < 1.29 is 14.6 Å². The number of likely N-dealkylation sites (tertiary alicyclic amines) is 1. The molecule has 3 aliphatic rings. The van der Waals surface area contributed by atoms with E-state index in [1.54, 1.807) is 13.2 Å². The summed E-state index contributed by atoms with van der Waals surface area (Å²) < 4.78 is 10.2. The summed E-state index contributed by atoms with van der Waals surface area (Å²) in [5.74, 6) is 2.76. The van der Waals surface area contributed by atoms with Crippen LogP contribution in [0.3, 0.4) is 0 Å². The summed E-state index contributed by atoms with van der Waals surface area (Å²) in [6, 6.07) is 16.0. The number of imidazole rings is 1. The quantitative estimate of drug-likeness (QED) is 0.259. The fourth-order valence-electron chi connectivity index (χ4n) is 7.51. The second-order valence-corrected chi connectivity index (χ2v) is 12.9. The molecule has 1 saturated heterocycles. The minimum Gasteiger partial charge on any atom is -0.508 e. The maximum Gasteiger partial charge on any atom is 0.254 e. The molecule has 0 spiro atoms. The van der Waals surface area contributed by atoms with E-state index in [4.69, 9.17) is 20.4 Å². The molecule has 9 nitrogen and oxygen atoms in total. The molecule has 3 atom stereocenters. The number of ether oxygens (including phenoxy) is 1. The van der Waals surface area contributed by atoms with Crippen molar-refractivity contribution in [2.45, 2.75) is 57.7 Å². The highest BCUT2D eigenvalue weighted by molar-refractivity contribution is 6.00. The molecule has 1 amide bonds. The molecule has 44 heavy (non-hydrogen) atoms. The Morgan fingerprint density at radius 1 is 1.07 bits per heavy atom. The first kappa shape index (κ1) is 27.2. The number of methoxy groups -OCH3 is 1. The molecule has 226 valence electrons. The first-order valence-corrected chi connectivity index (χ1v) is 15.8. The van der Waals surface area contributed by atoms with E-state index >= 15 is 0 Å². The summed E-state index contributed by atoms with van der Waals surface area (Å²) in [7, 11) is 3.65. The molecule has 8 rings (SSSR count). The van der Waals surface area contributed by atoms with Gasteiger partial charge in [-0.25, -0.2) is 9.97 Å². The average Bonchev–Trinajstić information content (AvgIpc) is 3.44. The fourth-order valence-corrected chi connectivity index (χ4v) is 7.51. The Kier molecular flexibility index (Phi) is 6.24. The third-order valence-corrected chi connectivity index (χ3v) is 10.2. The number of rotatable bonds is 7. The summed E-state index contributed by atoms with van der Waals surface area (Å²) in [6.07, 6.45) is 5.24. The minimum atomic E-state index is 0.0000840. The maximum atomic E-state index is 13.7. The molecule has 3 N–H and O–H groups in total. The lowest BCUT2D eigenvalue weighted by Crippen LogP contribution is -2.41. The molecule has 4 heterocycles. The van der Waals surface area contributed by atoms with Crippen LogP contribution >= 0.6 is 0 Å². The van der Waals surface area contributed by atoms with E-state index in [-0.39, 0.29) is 18.0 Å². The van der Waals surface area contributed by atoms with Gasteiger partial charge in [-0.2, -0.15) is 0 Å². The Morgan fingerprint density at radius 3 is 2.61 bits per heavy atom. The van der Waals surface area contributed by atoms with Crippen LogP contribution in [0.15, 0.2) is 48.5 Å². The van der Waals surface area contributed by atoms with Crippen LogP contribution in [0, 0.1) is 11.8 Å². The molecule has 2 unspecified atom stereocenters. The molecule has 5 aromatic rings. The average molecular weight is 591 g/mol. The van der Waals surface area contributed by atoms with Crippen LogP contribution in [0.5, 0.6) is 11.5 Å². The molecule has 1 aliphatic heterocycles.